The monoisotopic (exact) mass is 305 g/mol. The number of rotatable bonds is 2. The molecule has 0 aliphatic carbocycles. The van der Waals surface area contributed by atoms with E-state index in [0.29, 0.717) is 19.4 Å². The molecular formula is C13H23NO5S. The van der Waals surface area contributed by atoms with Gasteiger partial charge in [-0.15, -0.1) is 0 Å². The molecule has 2 heterocycles. The predicted molar refractivity (Wildman–Crippen MR) is 74.0 cm³/mol. The first kappa shape index (κ1) is 15.7. The third-order valence-electron chi connectivity index (χ3n) is 3.85. The highest BCUT2D eigenvalue weighted by Gasteiger charge is 2.42. The zero-order valence-electron chi connectivity index (χ0n) is 12.0. The van der Waals surface area contributed by atoms with Crippen LogP contribution in [0.25, 0.3) is 0 Å². The van der Waals surface area contributed by atoms with Gasteiger partial charge in [0.25, 0.3) is 0 Å². The predicted octanol–water partition coefficient (Wildman–Crippen LogP) is -0.0480. The molecule has 2 rings (SSSR count). The molecule has 6 nitrogen and oxygen atoms in total. The van der Waals surface area contributed by atoms with Gasteiger partial charge in [-0.2, -0.15) is 0 Å². The second-order valence-corrected chi connectivity index (χ2v) is 8.56. The molecule has 1 amide bonds. The molecule has 0 radical (unpaired) electrons. The van der Waals surface area contributed by atoms with Crippen molar-refractivity contribution >= 4 is 15.7 Å². The lowest BCUT2D eigenvalue weighted by molar-refractivity contribution is -0.166. The minimum atomic E-state index is -3.33. The largest absolute Gasteiger partial charge is 0.394 e. The van der Waals surface area contributed by atoms with E-state index in [2.05, 4.69) is 0 Å². The molecule has 0 aromatic heterocycles. The number of morpholine rings is 1. The molecule has 2 aliphatic heterocycles. The van der Waals surface area contributed by atoms with Gasteiger partial charge in [0.2, 0.25) is 5.91 Å². The molecule has 1 N–H and O–H groups in total. The van der Waals surface area contributed by atoms with Gasteiger partial charge in [-0.3, -0.25) is 4.79 Å². The van der Waals surface area contributed by atoms with Gasteiger partial charge in [-0.1, -0.05) is 6.42 Å². The van der Waals surface area contributed by atoms with Crippen molar-refractivity contribution in [2.24, 2.45) is 0 Å². The van der Waals surface area contributed by atoms with E-state index in [1.807, 2.05) is 13.8 Å². The van der Waals surface area contributed by atoms with Crippen LogP contribution in [-0.2, 0) is 19.4 Å². The van der Waals surface area contributed by atoms with E-state index >= 15 is 0 Å². The molecule has 0 aromatic rings. The minimum Gasteiger partial charge on any atom is -0.394 e. The summed E-state index contributed by atoms with van der Waals surface area (Å²) in [5.41, 5.74) is -0.570. The Bertz CT molecular complexity index is 473. The van der Waals surface area contributed by atoms with Crippen molar-refractivity contribution in [2.45, 2.75) is 50.1 Å². The van der Waals surface area contributed by atoms with Gasteiger partial charge < -0.3 is 14.7 Å². The van der Waals surface area contributed by atoms with Gasteiger partial charge in [0.1, 0.15) is 5.25 Å². The first-order chi connectivity index (χ1) is 9.25. The standard InChI is InChI=1S/C13H23NO5S/c1-13(2)9-14(7-10(8-15)19-13)12(16)11-5-3-4-6-20(11,17)18/h10-11,15H,3-9H2,1-2H3. The number of sulfone groups is 1. The lowest BCUT2D eigenvalue weighted by Crippen LogP contribution is -2.58. The van der Waals surface area contributed by atoms with E-state index in [0.717, 1.165) is 6.42 Å². The van der Waals surface area contributed by atoms with Crippen molar-refractivity contribution in [3.05, 3.63) is 0 Å². The van der Waals surface area contributed by atoms with Crippen LogP contribution in [0.3, 0.4) is 0 Å². The first-order valence-electron chi connectivity index (χ1n) is 7.04. The Hall–Kier alpha value is -0.660. The van der Waals surface area contributed by atoms with Crippen molar-refractivity contribution in [2.75, 3.05) is 25.4 Å². The van der Waals surface area contributed by atoms with Crippen LogP contribution < -0.4 is 0 Å². The van der Waals surface area contributed by atoms with Crippen LogP contribution in [0, 0.1) is 0 Å². The fourth-order valence-corrected chi connectivity index (χ4v) is 4.87. The number of aliphatic hydroxyl groups excluding tert-OH is 1. The summed E-state index contributed by atoms with van der Waals surface area (Å²) in [4.78, 5) is 14.1. The number of carbonyl (C=O) groups excluding carboxylic acids is 1. The molecule has 0 spiro atoms. The maximum atomic E-state index is 12.5. The van der Waals surface area contributed by atoms with Crippen LogP contribution >= 0.6 is 0 Å². The highest BCUT2D eigenvalue weighted by atomic mass is 32.2. The number of aliphatic hydroxyl groups is 1. The van der Waals surface area contributed by atoms with Gasteiger partial charge in [-0.25, -0.2) is 8.42 Å². The summed E-state index contributed by atoms with van der Waals surface area (Å²) in [6.45, 7) is 4.11. The molecule has 0 aromatic carbocycles. The average Bonchev–Trinajstić information content (AvgIpc) is 2.35. The topological polar surface area (TPSA) is 83.9 Å². The number of hydrogen-bond acceptors (Lipinski definition) is 5. The van der Waals surface area contributed by atoms with E-state index in [-0.39, 0.29) is 24.8 Å². The molecule has 0 saturated carbocycles. The van der Waals surface area contributed by atoms with Gasteiger partial charge in [0.05, 0.1) is 24.1 Å². The SMILES string of the molecule is CC1(C)CN(C(=O)C2CCCCS2(=O)=O)CC(CO)O1. The molecule has 2 aliphatic rings. The summed E-state index contributed by atoms with van der Waals surface area (Å²) < 4.78 is 29.7. The van der Waals surface area contributed by atoms with Crippen LogP contribution in [0.2, 0.25) is 0 Å². The summed E-state index contributed by atoms with van der Waals surface area (Å²) in [6, 6.07) is 0. The van der Waals surface area contributed by atoms with E-state index in [4.69, 9.17) is 4.74 Å². The van der Waals surface area contributed by atoms with Crippen molar-refractivity contribution in [3.8, 4) is 0 Å². The molecular weight excluding hydrogens is 282 g/mol. The number of ether oxygens (including phenoxy) is 1. The lowest BCUT2D eigenvalue weighted by Gasteiger charge is -2.43. The molecule has 20 heavy (non-hydrogen) atoms. The third kappa shape index (κ3) is 3.32. The Balaban J connectivity index is 2.15. The second-order valence-electron chi connectivity index (χ2n) is 6.25. The Labute approximate surface area is 120 Å². The van der Waals surface area contributed by atoms with Gasteiger partial charge in [0.15, 0.2) is 9.84 Å². The minimum absolute atomic E-state index is 0.0978. The molecule has 2 atom stereocenters. The maximum absolute atomic E-state index is 12.5. The highest BCUT2D eigenvalue weighted by molar-refractivity contribution is 7.92. The van der Waals surface area contributed by atoms with Crippen LogP contribution in [0.1, 0.15) is 33.1 Å². The fourth-order valence-electron chi connectivity index (χ4n) is 2.99. The van der Waals surface area contributed by atoms with E-state index in [1.54, 1.807) is 0 Å². The van der Waals surface area contributed by atoms with Crippen molar-refractivity contribution in [1.29, 1.82) is 0 Å². The van der Waals surface area contributed by atoms with Crippen molar-refractivity contribution in [3.63, 3.8) is 0 Å². The van der Waals surface area contributed by atoms with Crippen LogP contribution in [-0.4, -0.2) is 66.7 Å². The smallest absolute Gasteiger partial charge is 0.241 e. The summed E-state index contributed by atoms with van der Waals surface area (Å²) >= 11 is 0. The van der Waals surface area contributed by atoms with E-state index in [9.17, 15) is 18.3 Å². The zero-order chi connectivity index (χ0) is 15.0. The van der Waals surface area contributed by atoms with Crippen molar-refractivity contribution < 1.29 is 23.1 Å². The van der Waals surface area contributed by atoms with Crippen LogP contribution in [0.5, 0.6) is 0 Å². The van der Waals surface area contributed by atoms with E-state index in [1.165, 1.54) is 4.90 Å². The third-order valence-corrected chi connectivity index (χ3v) is 6.01. The second kappa shape index (κ2) is 5.61. The maximum Gasteiger partial charge on any atom is 0.241 e. The van der Waals surface area contributed by atoms with Crippen molar-refractivity contribution in [1.82, 2.24) is 4.90 Å². The lowest BCUT2D eigenvalue weighted by atomic mass is 10.0. The van der Waals surface area contributed by atoms with Gasteiger partial charge in [-0.05, 0) is 26.7 Å². The zero-order valence-corrected chi connectivity index (χ0v) is 12.9. The van der Waals surface area contributed by atoms with Gasteiger partial charge >= 0.3 is 0 Å². The van der Waals surface area contributed by atoms with Crippen LogP contribution in [0.15, 0.2) is 0 Å². The Morgan fingerprint density at radius 1 is 1.40 bits per heavy atom. The molecule has 2 saturated heterocycles. The average molecular weight is 305 g/mol. The van der Waals surface area contributed by atoms with Crippen LogP contribution in [0.4, 0.5) is 0 Å². The number of hydrogen-bond donors (Lipinski definition) is 1. The molecule has 116 valence electrons. The Kier molecular flexibility index (Phi) is 4.41. The quantitative estimate of drug-likeness (QED) is 0.773. The number of nitrogens with zero attached hydrogens (tertiary/aromatic N) is 1. The van der Waals surface area contributed by atoms with E-state index < -0.39 is 26.8 Å². The first-order valence-corrected chi connectivity index (χ1v) is 8.76. The summed E-state index contributed by atoms with van der Waals surface area (Å²) in [6.07, 6.45) is 1.36. The normalized spacial score (nSPS) is 32.9. The molecule has 0 bridgehead atoms. The Morgan fingerprint density at radius 2 is 2.10 bits per heavy atom. The fraction of sp³-hybridized carbons (Fsp3) is 0.923. The molecule has 7 heteroatoms. The Morgan fingerprint density at radius 3 is 2.70 bits per heavy atom. The highest BCUT2D eigenvalue weighted by Crippen LogP contribution is 2.26. The number of amides is 1. The summed E-state index contributed by atoms with van der Waals surface area (Å²) in [7, 11) is -3.33. The molecule has 2 unspecified atom stereocenters. The summed E-state index contributed by atoms with van der Waals surface area (Å²) in [5, 5.41) is 8.34. The number of carbonyl (C=O) groups is 1. The molecule has 2 fully saturated rings. The summed E-state index contributed by atoms with van der Waals surface area (Å²) in [5.74, 6) is -0.236. The van der Waals surface area contributed by atoms with Gasteiger partial charge in [0, 0.05) is 13.1 Å².